The Kier molecular flexibility index (Phi) is 3.21. The highest BCUT2D eigenvalue weighted by atomic mass is 79.9. The molecule has 0 aliphatic heterocycles. The number of aromatic nitrogens is 3. The topological polar surface area (TPSA) is 30.7 Å². The molecule has 1 atom stereocenters. The first-order valence-electron chi connectivity index (χ1n) is 6.73. The second-order valence-corrected chi connectivity index (χ2v) is 6.52. The van der Waals surface area contributed by atoms with E-state index in [1.165, 1.54) is 24.8 Å². The minimum absolute atomic E-state index is 0.0483. The van der Waals surface area contributed by atoms with Crippen molar-refractivity contribution in [3.63, 3.8) is 0 Å². The molecule has 0 radical (unpaired) electrons. The Morgan fingerprint density at radius 2 is 2.16 bits per heavy atom. The molecule has 2 aromatic rings. The number of halogens is 1. The lowest BCUT2D eigenvalue weighted by atomic mass is 9.62. The number of hydrogen-bond donors (Lipinski definition) is 0. The van der Waals surface area contributed by atoms with Gasteiger partial charge in [0.25, 0.3) is 0 Å². The van der Waals surface area contributed by atoms with Gasteiger partial charge in [-0.25, -0.2) is 0 Å². The smallest absolute Gasteiger partial charge is 0.143 e. The molecule has 1 unspecified atom stereocenters. The summed E-state index contributed by atoms with van der Waals surface area (Å²) < 4.78 is 3.18. The molecule has 1 fully saturated rings. The van der Waals surface area contributed by atoms with Gasteiger partial charge >= 0.3 is 0 Å². The summed E-state index contributed by atoms with van der Waals surface area (Å²) in [6.45, 7) is 2.31. The Balaban J connectivity index is 2.14. The minimum Gasteiger partial charge on any atom is -0.320 e. The van der Waals surface area contributed by atoms with Crippen LogP contribution in [0.15, 0.2) is 35.1 Å². The fourth-order valence-corrected chi connectivity index (χ4v) is 3.50. The van der Waals surface area contributed by atoms with Gasteiger partial charge in [0.1, 0.15) is 12.2 Å². The first-order chi connectivity index (χ1) is 9.12. The Morgan fingerprint density at radius 1 is 1.37 bits per heavy atom. The average Bonchev–Trinajstić information content (AvgIpc) is 2.73. The zero-order valence-electron chi connectivity index (χ0n) is 11.3. The van der Waals surface area contributed by atoms with Crippen molar-refractivity contribution in [3.8, 4) is 0 Å². The molecule has 0 spiro atoms. The van der Waals surface area contributed by atoms with E-state index >= 15 is 0 Å². The summed E-state index contributed by atoms with van der Waals surface area (Å²) >= 11 is 3.58. The van der Waals surface area contributed by atoms with Crippen LogP contribution in [0.1, 0.15) is 37.6 Å². The SMILES string of the molecule is Cn1cnnc1C(C)(c1cccc(Br)c1)C1CCC1. The molecule has 0 N–H and O–H groups in total. The lowest BCUT2D eigenvalue weighted by molar-refractivity contribution is 0.199. The van der Waals surface area contributed by atoms with Crippen molar-refractivity contribution in [2.75, 3.05) is 0 Å². The number of aryl methyl sites for hydroxylation is 1. The molecule has 19 heavy (non-hydrogen) atoms. The average molecular weight is 320 g/mol. The van der Waals surface area contributed by atoms with Crippen LogP contribution in [-0.4, -0.2) is 14.8 Å². The van der Waals surface area contributed by atoms with E-state index in [-0.39, 0.29) is 5.41 Å². The molecule has 1 aliphatic carbocycles. The summed E-state index contributed by atoms with van der Waals surface area (Å²) in [5, 5.41) is 8.47. The molecule has 4 heteroatoms. The molecule has 0 amide bonds. The third-order valence-corrected chi connectivity index (χ3v) is 5.02. The van der Waals surface area contributed by atoms with Crippen LogP contribution in [0.5, 0.6) is 0 Å². The molecular formula is C15H18BrN3. The summed E-state index contributed by atoms with van der Waals surface area (Å²) in [7, 11) is 2.03. The summed E-state index contributed by atoms with van der Waals surface area (Å²) in [4.78, 5) is 0. The molecule has 1 aromatic heterocycles. The van der Waals surface area contributed by atoms with E-state index in [1.54, 1.807) is 6.33 Å². The Hall–Kier alpha value is -1.16. The Labute approximate surface area is 122 Å². The third-order valence-electron chi connectivity index (χ3n) is 4.52. The lowest BCUT2D eigenvalue weighted by Gasteiger charge is -2.42. The number of benzene rings is 1. The number of rotatable bonds is 3. The third kappa shape index (κ3) is 2.02. The quantitative estimate of drug-likeness (QED) is 0.864. The number of hydrogen-bond acceptors (Lipinski definition) is 2. The van der Waals surface area contributed by atoms with E-state index in [0.29, 0.717) is 5.92 Å². The van der Waals surface area contributed by atoms with Gasteiger partial charge in [-0.3, -0.25) is 0 Å². The second kappa shape index (κ2) is 4.75. The van der Waals surface area contributed by atoms with Gasteiger partial charge in [-0.05, 0) is 43.4 Å². The van der Waals surface area contributed by atoms with E-state index in [0.717, 1.165) is 10.3 Å². The van der Waals surface area contributed by atoms with E-state index in [1.807, 2.05) is 7.05 Å². The fraction of sp³-hybridized carbons (Fsp3) is 0.467. The summed E-state index contributed by atoms with van der Waals surface area (Å²) in [5.41, 5.74) is 1.27. The molecule has 3 rings (SSSR count). The molecule has 1 heterocycles. The van der Waals surface area contributed by atoms with E-state index in [4.69, 9.17) is 0 Å². The largest absolute Gasteiger partial charge is 0.320 e. The van der Waals surface area contributed by atoms with Crippen LogP contribution >= 0.6 is 15.9 Å². The minimum atomic E-state index is -0.0483. The van der Waals surface area contributed by atoms with Crippen LogP contribution in [0, 0.1) is 5.92 Å². The molecule has 3 nitrogen and oxygen atoms in total. The summed E-state index contributed by atoms with van der Waals surface area (Å²) in [5.74, 6) is 1.72. The lowest BCUT2D eigenvalue weighted by Crippen LogP contribution is -2.39. The van der Waals surface area contributed by atoms with Gasteiger partial charge in [0, 0.05) is 11.5 Å². The van der Waals surface area contributed by atoms with Crippen molar-refractivity contribution in [2.45, 2.75) is 31.6 Å². The van der Waals surface area contributed by atoms with Crippen LogP contribution in [-0.2, 0) is 12.5 Å². The monoisotopic (exact) mass is 319 g/mol. The molecule has 1 aliphatic rings. The second-order valence-electron chi connectivity index (χ2n) is 5.61. The predicted octanol–water partition coefficient (Wildman–Crippen LogP) is 3.68. The zero-order chi connectivity index (χ0) is 13.5. The molecule has 1 saturated carbocycles. The van der Waals surface area contributed by atoms with Crippen molar-refractivity contribution in [1.82, 2.24) is 14.8 Å². The van der Waals surface area contributed by atoms with E-state index in [9.17, 15) is 0 Å². The maximum Gasteiger partial charge on any atom is 0.143 e. The van der Waals surface area contributed by atoms with Crippen LogP contribution < -0.4 is 0 Å². The van der Waals surface area contributed by atoms with Gasteiger partial charge in [0.05, 0.1) is 5.41 Å². The molecule has 100 valence electrons. The van der Waals surface area contributed by atoms with Gasteiger partial charge in [0.15, 0.2) is 0 Å². The van der Waals surface area contributed by atoms with Crippen LogP contribution in [0.2, 0.25) is 0 Å². The van der Waals surface area contributed by atoms with Crippen molar-refractivity contribution in [1.29, 1.82) is 0 Å². The molecule has 1 aromatic carbocycles. The zero-order valence-corrected chi connectivity index (χ0v) is 12.9. The highest BCUT2D eigenvalue weighted by Crippen LogP contribution is 2.47. The van der Waals surface area contributed by atoms with Crippen LogP contribution in [0.3, 0.4) is 0 Å². The van der Waals surface area contributed by atoms with Crippen LogP contribution in [0.4, 0.5) is 0 Å². The van der Waals surface area contributed by atoms with Crippen molar-refractivity contribution < 1.29 is 0 Å². The van der Waals surface area contributed by atoms with Gasteiger partial charge in [-0.15, -0.1) is 10.2 Å². The van der Waals surface area contributed by atoms with Crippen molar-refractivity contribution in [3.05, 3.63) is 46.5 Å². The highest BCUT2D eigenvalue weighted by Gasteiger charge is 2.43. The van der Waals surface area contributed by atoms with Gasteiger partial charge in [0.2, 0.25) is 0 Å². The van der Waals surface area contributed by atoms with Gasteiger partial charge in [-0.1, -0.05) is 34.5 Å². The van der Waals surface area contributed by atoms with Crippen molar-refractivity contribution in [2.24, 2.45) is 13.0 Å². The predicted molar refractivity (Wildman–Crippen MR) is 78.9 cm³/mol. The molecule has 0 bridgehead atoms. The Morgan fingerprint density at radius 3 is 2.68 bits per heavy atom. The standard InChI is InChI=1S/C15H18BrN3/c1-15(11-5-3-6-11,14-18-17-10-19(14)2)12-7-4-8-13(16)9-12/h4,7-11H,3,5-6H2,1-2H3. The molecule has 0 saturated heterocycles. The fourth-order valence-electron chi connectivity index (χ4n) is 3.10. The van der Waals surface area contributed by atoms with E-state index in [2.05, 4.69) is 61.9 Å². The summed E-state index contributed by atoms with van der Waals surface area (Å²) in [6.07, 6.45) is 5.67. The van der Waals surface area contributed by atoms with Crippen molar-refractivity contribution >= 4 is 15.9 Å². The maximum absolute atomic E-state index is 4.39. The van der Waals surface area contributed by atoms with Gasteiger partial charge in [-0.2, -0.15) is 0 Å². The van der Waals surface area contributed by atoms with Gasteiger partial charge < -0.3 is 4.57 Å². The number of nitrogens with zero attached hydrogens (tertiary/aromatic N) is 3. The first-order valence-corrected chi connectivity index (χ1v) is 7.52. The van der Waals surface area contributed by atoms with E-state index < -0.39 is 0 Å². The highest BCUT2D eigenvalue weighted by molar-refractivity contribution is 9.10. The van der Waals surface area contributed by atoms with Crippen LogP contribution in [0.25, 0.3) is 0 Å². The first kappa shape index (κ1) is 12.9. The normalized spacial score (nSPS) is 18.9. The Bertz CT molecular complexity index is 589. The maximum atomic E-state index is 4.39. The summed E-state index contributed by atoms with van der Waals surface area (Å²) in [6, 6.07) is 8.60. The molecular weight excluding hydrogens is 302 g/mol.